The maximum Gasteiger partial charge on any atom is 0.126 e. The standard InChI is InChI=1S/C15H18BrF2N3/c1-3-13-15(16)14(21(2)20-13)8-12(19)6-9-4-10(17)7-11(18)5-9/h4-5,7,12H,3,6,8,19H2,1-2H3. The first-order chi connectivity index (χ1) is 9.90. The summed E-state index contributed by atoms with van der Waals surface area (Å²) in [6, 6.07) is 3.26. The van der Waals surface area contributed by atoms with Gasteiger partial charge in [0.25, 0.3) is 0 Å². The molecular formula is C15H18BrF2N3. The lowest BCUT2D eigenvalue weighted by atomic mass is 10.0. The van der Waals surface area contributed by atoms with Crippen molar-refractivity contribution in [2.24, 2.45) is 12.8 Å². The Kier molecular flexibility index (Phi) is 5.11. The molecule has 0 aliphatic rings. The van der Waals surface area contributed by atoms with Crippen LogP contribution in [-0.4, -0.2) is 15.8 Å². The normalized spacial score (nSPS) is 12.7. The number of rotatable bonds is 5. The van der Waals surface area contributed by atoms with E-state index in [0.29, 0.717) is 18.4 Å². The molecule has 21 heavy (non-hydrogen) atoms. The number of hydrogen-bond donors (Lipinski definition) is 1. The first-order valence-electron chi connectivity index (χ1n) is 6.81. The second kappa shape index (κ2) is 6.66. The van der Waals surface area contributed by atoms with Crippen LogP contribution in [0.1, 0.15) is 23.9 Å². The monoisotopic (exact) mass is 357 g/mol. The van der Waals surface area contributed by atoms with E-state index in [9.17, 15) is 8.78 Å². The summed E-state index contributed by atoms with van der Waals surface area (Å²) < 4.78 is 29.1. The van der Waals surface area contributed by atoms with E-state index in [1.54, 1.807) is 4.68 Å². The van der Waals surface area contributed by atoms with Gasteiger partial charge in [0.05, 0.1) is 15.9 Å². The third-order valence-corrected chi connectivity index (χ3v) is 4.29. The highest BCUT2D eigenvalue weighted by atomic mass is 79.9. The predicted octanol–water partition coefficient (Wildman–Crippen LogP) is 3.14. The maximum absolute atomic E-state index is 13.2. The van der Waals surface area contributed by atoms with Gasteiger partial charge in [-0.05, 0) is 46.5 Å². The maximum atomic E-state index is 13.2. The number of aryl methyl sites for hydroxylation is 2. The second-order valence-electron chi connectivity index (χ2n) is 5.13. The largest absolute Gasteiger partial charge is 0.327 e. The fraction of sp³-hybridized carbons (Fsp3) is 0.400. The van der Waals surface area contributed by atoms with E-state index in [1.165, 1.54) is 12.1 Å². The van der Waals surface area contributed by atoms with Gasteiger partial charge in [0.2, 0.25) is 0 Å². The molecule has 1 aromatic heterocycles. The molecule has 0 aliphatic heterocycles. The molecule has 0 aliphatic carbocycles. The van der Waals surface area contributed by atoms with Crippen molar-refractivity contribution in [1.82, 2.24) is 9.78 Å². The topological polar surface area (TPSA) is 43.8 Å². The fourth-order valence-electron chi connectivity index (χ4n) is 2.39. The van der Waals surface area contributed by atoms with Gasteiger partial charge < -0.3 is 5.73 Å². The van der Waals surface area contributed by atoms with Gasteiger partial charge in [-0.1, -0.05) is 6.92 Å². The van der Waals surface area contributed by atoms with E-state index in [1.807, 2.05) is 14.0 Å². The van der Waals surface area contributed by atoms with Crippen LogP contribution in [0.2, 0.25) is 0 Å². The van der Waals surface area contributed by atoms with Crippen LogP contribution in [0.4, 0.5) is 8.78 Å². The van der Waals surface area contributed by atoms with Crippen LogP contribution < -0.4 is 5.73 Å². The first-order valence-corrected chi connectivity index (χ1v) is 7.60. The van der Waals surface area contributed by atoms with Gasteiger partial charge in [-0.25, -0.2) is 8.78 Å². The number of aromatic nitrogens is 2. The molecule has 1 unspecified atom stereocenters. The average Bonchev–Trinajstić information content (AvgIpc) is 2.64. The van der Waals surface area contributed by atoms with Crippen molar-refractivity contribution in [3.05, 3.63) is 51.3 Å². The summed E-state index contributed by atoms with van der Waals surface area (Å²) in [6.45, 7) is 2.03. The predicted molar refractivity (Wildman–Crippen MR) is 82.0 cm³/mol. The van der Waals surface area contributed by atoms with Crippen LogP contribution in [0.5, 0.6) is 0 Å². The van der Waals surface area contributed by atoms with E-state index in [2.05, 4.69) is 21.0 Å². The van der Waals surface area contributed by atoms with Crippen LogP contribution in [0, 0.1) is 11.6 Å². The molecule has 0 amide bonds. The molecule has 6 heteroatoms. The van der Waals surface area contributed by atoms with E-state index in [-0.39, 0.29) is 6.04 Å². The zero-order valence-corrected chi connectivity index (χ0v) is 13.6. The number of nitrogens with zero attached hydrogens (tertiary/aromatic N) is 2. The van der Waals surface area contributed by atoms with Crippen LogP contribution in [-0.2, 0) is 26.3 Å². The van der Waals surface area contributed by atoms with Crippen molar-refractivity contribution < 1.29 is 8.78 Å². The SMILES string of the molecule is CCc1nn(C)c(CC(N)Cc2cc(F)cc(F)c2)c1Br. The van der Waals surface area contributed by atoms with Crippen molar-refractivity contribution in [2.75, 3.05) is 0 Å². The molecule has 0 fully saturated rings. The lowest BCUT2D eigenvalue weighted by molar-refractivity contribution is 0.570. The van der Waals surface area contributed by atoms with Crippen molar-refractivity contribution >= 4 is 15.9 Å². The van der Waals surface area contributed by atoms with Crippen molar-refractivity contribution in [3.8, 4) is 0 Å². The van der Waals surface area contributed by atoms with E-state index < -0.39 is 11.6 Å². The van der Waals surface area contributed by atoms with Gasteiger partial charge in [-0.15, -0.1) is 0 Å². The summed E-state index contributed by atoms with van der Waals surface area (Å²) in [5.74, 6) is -1.15. The Balaban J connectivity index is 2.11. The zero-order chi connectivity index (χ0) is 15.6. The molecule has 0 bridgehead atoms. The summed E-state index contributed by atoms with van der Waals surface area (Å²) in [5, 5.41) is 4.41. The van der Waals surface area contributed by atoms with E-state index >= 15 is 0 Å². The zero-order valence-electron chi connectivity index (χ0n) is 12.0. The third-order valence-electron chi connectivity index (χ3n) is 3.38. The third kappa shape index (κ3) is 3.89. The Bertz CT molecular complexity index is 620. The first kappa shape index (κ1) is 16.1. The second-order valence-corrected chi connectivity index (χ2v) is 5.92. The molecule has 1 heterocycles. The minimum Gasteiger partial charge on any atom is -0.327 e. The highest BCUT2D eigenvalue weighted by molar-refractivity contribution is 9.10. The Morgan fingerprint density at radius 2 is 1.86 bits per heavy atom. The molecule has 0 saturated carbocycles. The Morgan fingerprint density at radius 3 is 2.38 bits per heavy atom. The van der Waals surface area contributed by atoms with Gasteiger partial charge in [-0.3, -0.25) is 4.68 Å². The minimum absolute atomic E-state index is 0.234. The van der Waals surface area contributed by atoms with Crippen LogP contribution in [0.25, 0.3) is 0 Å². The average molecular weight is 358 g/mol. The quantitative estimate of drug-likeness (QED) is 0.893. The summed E-state index contributed by atoms with van der Waals surface area (Å²) in [5.41, 5.74) is 8.66. The molecule has 114 valence electrons. The fourth-order valence-corrected chi connectivity index (χ4v) is 3.17. The van der Waals surface area contributed by atoms with Crippen LogP contribution in [0.3, 0.4) is 0 Å². The van der Waals surface area contributed by atoms with Crippen LogP contribution in [0.15, 0.2) is 22.7 Å². The molecule has 2 N–H and O–H groups in total. The minimum atomic E-state index is -0.577. The molecule has 2 aromatic rings. The Hall–Kier alpha value is -1.27. The molecule has 1 atom stereocenters. The van der Waals surface area contributed by atoms with Crippen molar-refractivity contribution in [2.45, 2.75) is 32.2 Å². The Labute approximate surface area is 131 Å². The molecule has 3 nitrogen and oxygen atoms in total. The molecule has 0 saturated heterocycles. The van der Waals surface area contributed by atoms with Gasteiger partial charge in [0, 0.05) is 25.6 Å². The van der Waals surface area contributed by atoms with Crippen molar-refractivity contribution in [3.63, 3.8) is 0 Å². The number of benzene rings is 1. The Morgan fingerprint density at radius 1 is 1.24 bits per heavy atom. The molecular weight excluding hydrogens is 340 g/mol. The smallest absolute Gasteiger partial charge is 0.126 e. The van der Waals surface area contributed by atoms with Gasteiger partial charge in [-0.2, -0.15) is 5.10 Å². The summed E-state index contributed by atoms with van der Waals surface area (Å²) >= 11 is 3.54. The summed E-state index contributed by atoms with van der Waals surface area (Å²) in [7, 11) is 1.87. The lowest BCUT2D eigenvalue weighted by Gasteiger charge is -2.12. The van der Waals surface area contributed by atoms with Gasteiger partial charge >= 0.3 is 0 Å². The number of hydrogen-bond acceptors (Lipinski definition) is 2. The molecule has 2 rings (SSSR count). The molecule has 0 spiro atoms. The lowest BCUT2D eigenvalue weighted by Crippen LogP contribution is -2.27. The summed E-state index contributed by atoms with van der Waals surface area (Å²) in [4.78, 5) is 0. The highest BCUT2D eigenvalue weighted by Gasteiger charge is 2.16. The summed E-state index contributed by atoms with van der Waals surface area (Å²) in [6.07, 6.45) is 1.83. The van der Waals surface area contributed by atoms with E-state index in [0.717, 1.165) is 28.3 Å². The van der Waals surface area contributed by atoms with Gasteiger partial charge in [0.1, 0.15) is 11.6 Å². The molecule has 0 radical (unpaired) electrons. The van der Waals surface area contributed by atoms with Crippen molar-refractivity contribution in [1.29, 1.82) is 0 Å². The number of nitrogens with two attached hydrogens (primary N) is 1. The van der Waals surface area contributed by atoms with Crippen LogP contribution >= 0.6 is 15.9 Å². The van der Waals surface area contributed by atoms with E-state index in [4.69, 9.17) is 5.73 Å². The number of halogens is 3. The highest BCUT2D eigenvalue weighted by Crippen LogP contribution is 2.23. The van der Waals surface area contributed by atoms with Gasteiger partial charge in [0.15, 0.2) is 0 Å². The molecule has 1 aromatic carbocycles.